The van der Waals surface area contributed by atoms with Gasteiger partial charge in [-0.15, -0.1) is 11.8 Å². The van der Waals surface area contributed by atoms with Gasteiger partial charge in [-0.25, -0.2) is 0 Å². The molecule has 0 aromatic heterocycles. The van der Waals surface area contributed by atoms with Gasteiger partial charge in [0.05, 0.1) is 31.5 Å². The SMILES string of the molecule is CCSc1ccc(C(C=O)Oc2ccc(C#N)cc2C)cc1.COc1cc2c(cc1OC)SC(N)N2. The van der Waals surface area contributed by atoms with Gasteiger partial charge in [-0.3, -0.25) is 4.79 Å². The Bertz CT molecular complexity index is 1200. The van der Waals surface area contributed by atoms with E-state index in [9.17, 15) is 4.79 Å². The Morgan fingerprint density at radius 3 is 2.39 bits per heavy atom. The maximum absolute atomic E-state index is 11.4. The Morgan fingerprint density at radius 2 is 1.81 bits per heavy atom. The molecule has 3 N–H and O–H groups in total. The van der Waals surface area contributed by atoms with Crippen molar-refractivity contribution >= 4 is 35.5 Å². The van der Waals surface area contributed by atoms with E-state index in [0.29, 0.717) is 17.1 Å². The van der Waals surface area contributed by atoms with Gasteiger partial charge in [0.1, 0.15) is 11.2 Å². The molecule has 188 valence electrons. The van der Waals surface area contributed by atoms with E-state index in [2.05, 4.69) is 18.3 Å². The third-order valence-corrected chi connectivity index (χ3v) is 7.10. The van der Waals surface area contributed by atoms with E-state index in [-0.39, 0.29) is 5.50 Å². The molecule has 36 heavy (non-hydrogen) atoms. The van der Waals surface area contributed by atoms with Crippen LogP contribution in [0.5, 0.6) is 17.2 Å². The number of benzene rings is 3. The second-order valence-corrected chi connectivity index (χ2v) is 10.2. The summed E-state index contributed by atoms with van der Waals surface area (Å²) in [6.45, 7) is 3.96. The number of nitriles is 1. The zero-order valence-corrected chi connectivity index (χ0v) is 22.2. The van der Waals surface area contributed by atoms with Crippen LogP contribution in [0, 0.1) is 18.3 Å². The van der Waals surface area contributed by atoms with Crippen LogP contribution in [-0.4, -0.2) is 31.8 Å². The molecular weight excluding hydrogens is 494 g/mol. The molecule has 9 heteroatoms. The monoisotopic (exact) mass is 523 g/mol. The Labute approximate surface area is 220 Å². The third-order valence-electron chi connectivity index (χ3n) is 5.24. The van der Waals surface area contributed by atoms with Crippen molar-refractivity contribution in [2.75, 3.05) is 25.3 Å². The van der Waals surface area contributed by atoms with E-state index in [0.717, 1.165) is 39.5 Å². The van der Waals surface area contributed by atoms with Crippen molar-refractivity contribution in [1.82, 2.24) is 0 Å². The molecule has 0 radical (unpaired) electrons. The topological polar surface area (TPSA) is 107 Å². The molecule has 0 saturated carbocycles. The van der Waals surface area contributed by atoms with E-state index < -0.39 is 6.10 Å². The van der Waals surface area contributed by atoms with Crippen LogP contribution in [0.1, 0.15) is 29.7 Å². The molecule has 3 aromatic carbocycles. The lowest BCUT2D eigenvalue weighted by Gasteiger charge is -2.16. The number of hydrogen-bond donors (Lipinski definition) is 2. The minimum Gasteiger partial charge on any atom is -0.493 e. The molecule has 0 spiro atoms. The summed E-state index contributed by atoms with van der Waals surface area (Å²) in [7, 11) is 3.24. The summed E-state index contributed by atoms with van der Waals surface area (Å²) < 4.78 is 16.2. The van der Waals surface area contributed by atoms with Gasteiger partial charge in [0.15, 0.2) is 23.9 Å². The van der Waals surface area contributed by atoms with Crippen LogP contribution in [-0.2, 0) is 4.79 Å². The van der Waals surface area contributed by atoms with Gasteiger partial charge >= 0.3 is 0 Å². The molecule has 2 unspecified atom stereocenters. The van der Waals surface area contributed by atoms with Crippen LogP contribution in [0.2, 0.25) is 0 Å². The van der Waals surface area contributed by atoms with Crippen molar-refractivity contribution in [3.63, 3.8) is 0 Å². The first-order valence-electron chi connectivity index (χ1n) is 11.2. The lowest BCUT2D eigenvalue weighted by atomic mass is 10.1. The average molecular weight is 524 g/mol. The first-order valence-corrected chi connectivity index (χ1v) is 13.1. The number of ether oxygens (including phenoxy) is 3. The van der Waals surface area contributed by atoms with Gasteiger partial charge in [-0.05, 0) is 60.2 Å². The van der Waals surface area contributed by atoms with Crippen molar-refractivity contribution in [1.29, 1.82) is 5.26 Å². The molecule has 1 aliphatic heterocycles. The average Bonchev–Trinajstić information content (AvgIpc) is 3.27. The second-order valence-electron chi connectivity index (χ2n) is 7.65. The number of hydrogen-bond acceptors (Lipinski definition) is 9. The summed E-state index contributed by atoms with van der Waals surface area (Å²) in [6, 6.07) is 18.9. The highest BCUT2D eigenvalue weighted by Gasteiger charge is 2.21. The van der Waals surface area contributed by atoms with Crippen LogP contribution in [0.15, 0.2) is 64.4 Å². The van der Waals surface area contributed by atoms with Crippen molar-refractivity contribution in [3.05, 3.63) is 71.3 Å². The second kappa shape index (κ2) is 13.1. The number of nitrogens with one attached hydrogen (secondary N) is 1. The number of thioether (sulfide) groups is 2. The van der Waals surface area contributed by atoms with Crippen LogP contribution < -0.4 is 25.3 Å². The van der Waals surface area contributed by atoms with Gasteiger partial charge < -0.3 is 25.3 Å². The van der Waals surface area contributed by atoms with Crippen molar-refractivity contribution in [2.24, 2.45) is 5.73 Å². The maximum atomic E-state index is 11.4. The molecule has 0 saturated heterocycles. The fourth-order valence-corrected chi connectivity index (χ4v) is 5.01. The molecule has 1 heterocycles. The Hall–Kier alpha value is -3.32. The predicted octanol–water partition coefficient (Wildman–Crippen LogP) is 5.76. The number of carbonyl (C=O) groups is 1. The number of fused-ring (bicyclic) bond motifs is 1. The van der Waals surface area contributed by atoms with Crippen molar-refractivity contribution < 1.29 is 19.0 Å². The highest BCUT2D eigenvalue weighted by atomic mass is 32.2. The third kappa shape index (κ3) is 6.88. The summed E-state index contributed by atoms with van der Waals surface area (Å²) in [5.41, 5.74) is 8.89. The number of aryl methyl sites for hydroxylation is 1. The Morgan fingerprint density at radius 1 is 1.11 bits per heavy atom. The molecule has 0 fully saturated rings. The van der Waals surface area contributed by atoms with Crippen LogP contribution in [0.3, 0.4) is 0 Å². The lowest BCUT2D eigenvalue weighted by Crippen LogP contribution is -2.20. The minimum atomic E-state index is -0.646. The van der Waals surface area contributed by atoms with Crippen LogP contribution in [0.25, 0.3) is 0 Å². The van der Waals surface area contributed by atoms with E-state index in [1.54, 1.807) is 55.9 Å². The molecule has 3 aromatic rings. The summed E-state index contributed by atoms with van der Waals surface area (Å²) in [6.07, 6.45) is 0.145. The normalized spacial score (nSPS) is 14.3. The zero-order chi connectivity index (χ0) is 26.1. The first kappa shape index (κ1) is 27.3. The summed E-state index contributed by atoms with van der Waals surface area (Å²) in [5, 5.41) is 12.0. The summed E-state index contributed by atoms with van der Waals surface area (Å²) in [5.74, 6) is 3.07. The van der Waals surface area contributed by atoms with Crippen LogP contribution >= 0.6 is 23.5 Å². The van der Waals surface area contributed by atoms with Gasteiger partial charge in [0.25, 0.3) is 0 Å². The fraction of sp³-hybridized carbons (Fsp3) is 0.259. The number of aldehydes is 1. The predicted molar refractivity (Wildman–Crippen MR) is 145 cm³/mol. The standard InChI is InChI=1S/C18H17NO2S.C9H12N2O2S/c1-3-22-16-7-5-15(6-8-16)18(12-20)21-17-9-4-14(11-19)10-13(17)2;1-12-6-3-5-8(4-7(6)13-2)14-9(10)11-5/h4-10,12,18H,3H2,1-2H3;3-4,9,11H,10H2,1-2H3. The van der Waals surface area contributed by atoms with E-state index >= 15 is 0 Å². The molecule has 0 aliphatic carbocycles. The molecule has 1 aliphatic rings. The van der Waals surface area contributed by atoms with Gasteiger partial charge in [0, 0.05) is 15.9 Å². The van der Waals surface area contributed by atoms with Crippen LogP contribution in [0.4, 0.5) is 5.69 Å². The molecular formula is C27H29N3O4S2. The Balaban J connectivity index is 0.000000221. The molecule has 2 atom stereocenters. The number of nitrogens with zero attached hydrogens (tertiary/aromatic N) is 1. The smallest absolute Gasteiger partial charge is 0.179 e. The quantitative estimate of drug-likeness (QED) is 0.281. The summed E-state index contributed by atoms with van der Waals surface area (Å²) >= 11 is 3.32. The van der Waals surface area contributed by atoms with Gasteiger partial charge in [-0.2, -0.15) is 5.26 Å². The van der Waals surface area contributed by atoms with E-state index in [1.165, 1.54) is 4.90 Å². The Kier molecular flexibility index (Phi) is 9.94. The summed E-state index contributed by atoms with van der Waals surface area (Å²) in [4.78, 5) is 13.6. The maximum Gasteiger partial charge on any atom is 0.179 e. The van der Waals surface area contributed by atoms with Crippen molar-refractivity contribution in [3.8, 4) is 23.3 Å². The largest absolute Gasteiger partial charge is 0.493 e. The van der Waals surface area contributed by atoms with E-state index in [4.69, 9.17) is 25.2 Å². The number of anilines is 1. The molecule has 7 nitrogen and oxygen atoms in total. The lowest BCUT2D eigenvalue weighted by molar-refractivity contribution is -0.113. The fourth-order valence-electron chi connectivity index (χ4n) is 3.47. The zero-order valence-electron chi connectivity index (χ0n) is 20.6. The molecule has 4 rings (SSSR count). The van der Waals surface area contributed by atoms with Crippen molar-refractivity contribution in [2.45, 2.75) is 35.2 Å². The number of rotatable bonds is 8. The number of nitrogens with two attached hydrogens (primary N) is 1. The first-order chi connectivity index (χ1) is 17.4. The van der Waals surface area contributed by atoms with E-state index in [1.807, 2.05) is 43.3 Å². The highest BCUT2D eigenvalue weighted by molar-refractivity contribution is 8.00. The molecule has 0 bridgehead atoms. The number of methoxy groups -OCH3 is 2. The van der Waals surface area contributed by atoms with Gasteiger partial charge in [0.2, 0.25) is 0 Å². The van der Waals surface area contributed by atoms with Gasteiger partial charge in [-0.1, -0.05) is 30.8 Å². The minimum absolute atomic E-state index is 0.0817. The number of carbonyl (C=O) groups excluding carboxylic acids is 1. The molecule has 0 amide bonds. The highest BCUT2D eigenvalue weighted by Crippen LogP contribution is 2.43.